The van der Waals surface area contributed by atoms with Gasteiger partial charge in [-0.25, -0.2) is 0 Å². The quantitative estimate of drug-likeness (QED) is 0.339. The standard InChI is InChI=1S/C21H18ClF3N4O4/c1-11-6-16(4-5-18(11)22)33-17-9-14(8-15(10-17)29(31)32)26-20(30)13(3)28-12(2)7-19(27-28)21(23,24)25/h4-10,13H,1-3H3,(H,26,30). The molecule has 174 valence electrons. The number of nitro benzene ring substituents is 1. The first kappa shape index (κ1) is 24.1. The molecular weight excluding hydrogens is 465 g/mol. The minimum atomic E-state index is -4.65. The fourth-order valence-electron chi connectivity index (χ4n) is 3.01. The smallest absolute Gasteiger partial charge is 0.435 e. The molecule has 1 heterocycles. The van der Waals surface area contributed by atoms with Gasteiger partial charge in [-0.05, 0) is 50.6 Å². The monoisotopic (exact) mass is 482 g/mol. The van der Waals surface area contributed by atoms with Gasteiger partial charge in [0, 0.05) is 22.8 Å². The summed E-state index contributed by atoms with van der Waals surface area (Å²) in [7, 11) is 0. The summed E-state index contributed by atoms with van der Waals surface area (Å²) in [5, 5.41) is 17.8. The van der Waals surface area contributed by atoms with Crippen molar-refractivity contribution in [2.45, 2.75) is 33.0 Å². The van der Waals surface area contributed by atoms with Crippen LogP contribution in [0.5, 0.6) is 11.5 Å². The van der Waals surface area contributed by atoms with Crippen LogP contribution in [-0.4, -0.2) is 20.6 Å². The number of alkyl halides is 3. The first-order valence-electron chi connectivity index (χ1n) is 9.53. The van der Waals surface area contributed by atoms with Crippen LogP contribution >= 0.6 is 11.6 Å². The molecule has 0 aliphatic heterocycles. The van der Waals surface area contributed by atoms with Gasteiger partial charge in [-0.2, -0.15) is 18.3 Å². The molecule has 33 heavy (non-hydrogen) atoms. The average molecular weight is 483 g/mol. The van der Waals surface area contributed by atoms with E-state index in [9.17, 15) is 28.1 Å². The molecule has 0 saturated heterocycles. The van der Waals surface area contributed by atoms with Gasteiger partial charge in [0.15, 0.2) is 5.69 Å². The number of aromatic nitrogens is 2. The highest BCUT2D eigenvalue weighted by atomic mass is 35.5. The minimum Gasteiger partial charge on any atom is -0.457 e. The average Bonchev–Trinajstić information content (AvgIpc) is 3.12. The molecule has 0 aliphatic carbocycles. The molecule has 0 fully saturated rings. The van der Waals surface area contributed by atoms with Gasteiger partial charge in [0.1, 0.15) is 17.5 Å². The number of anilines is 1. The fourth-order valence-corrected chi connectivity index (χ4v) is 3.13. The predicted octanol–water partition coefficient (Wildman–Crippen LogP) is 6.07. The van der Waals surface area contributed by atoms with E-state index in [1.807, 2.05) is 0 Å². The molecule has 8 nitrogen and oxygen atoms in total. The highest BCUT2D eigenvalue weighted by molar-refractivity contribution is 6.31. The Morgan fingerprint density at radius 1 is 1.18 bits per heavy atom. The zero-order valence-electron chi connectivity index (χ0n) is 17.6. The van der Waals surface area contributed by atoms with Crippen molar-refractivity contribution in [3.8, 4) is 11.5 Å². The van der Waals surface area contributed by atoms with Gasteiger partial charge in [0.05, 0.1) is 16.7 Å². The second-order valence-electron chi connectivity index (χ2n) is 7.26. The van der Waals surface area contributed by atoms with E-state index in [2.05, 4.69) is 10.4 Å². The second-order valence-corrected chi connectivity index (χ2v) is 7.67. The van der Waals surface area contributed by atoms with E-state index in [1.165, 1.54) is 26.0 Å². The topological polar surface area (TPSA) is 99.3 Å². The molecule has 0 radical (unpaired) electrons. The Morgan fingerprint density at radius 3 is 2.45 bits per heavy atom. The Labute approximate surface area is 191 Å². The van der Waals surface area contributed by atoms with Gasteiger partial charge >= 0.3 is 6.18 Å². The maximum absolute atomic E-state index is 12.9. The van der Waals surface area contributed by atoms with Gasteiger partial charge in [0.25, 0.3) is 5.69 Å². The Bertz CT molecular complexity index is 1230. The summed E-state index contributed by atoms with van der Waals surface area (Å²) in [5.41, 5.74) is -0.580. The third kappa shape index (κ3) is 5.61. The van der Waals surface area contributed by atoms with Crippen molar-refractivity contribution < 1.29 is 27.6 Å². The van der Waals surface area contributed by atoms with Crippen molar-refractivity contribution in [3.63, 3.8) is 0 Å². The number of carbonyl (C=O) groups excluding carboxylic acids is 1. The van der Waals surface area contributed by atoms with E-state index >= 15 is 0 Å². The lowest BCUT2D eigenvalue weighted by atomic mass is 10.2. The molecule has 3 rings (SSSR count). The second kappa shape index (κ2) is 9.10. The molecule has 0 saturated carbocycles. The van der Waals surface area contributed by atoms with E-state index in [0.717, 1.165) is 22.4 Å². The SMILES string of the molecule is Cc1cc(Oc2cc(NC(=O)C(C)n3nc(C(F)(F)F)cc3C)cc([N+](=O)[O-])c2)ccc1Cl. The molecule has 1 unspecified atom stereocenters. The van der Waals surface area contributed by atoms with Crippen molar-refractivity contribution >= 4 is 28.9 Å². The summed E-state index contributed by atoms with van der Waals surface area (Å²) in [4.78, 5) is 23.4. The number of nitrogens with one attached hydrogen (secondary N) is 1. The maximum Gasteiger partial charge on any atom is 0.435 e. The first-order valence-corrected chi connectivity index (χ1v) is 9.90. The fraction of sp³-hybridized carbons (Fsp3) is 0.238. The number of aryl methyl sites for hydroxylation is 2. The molecule has 3 aromatic rings. The first-order chi connectivity index (χ1) is 15.3. The van der Waals surface area contributed by atoms with Crippen molar-refractivity contribution in [3.05, 3.63) is 74.6 Å². The third-order valence-electron chi connectivity index (χ3n) is 4.69. The van der Waals surface area contributed by atoms with E-state index in [0.29, 0.717) is 10.8 Å². The van der Waals surface area contributed by atoms with Gasteiger partial charge in [-0.1, -0.05) is 11.6 Å². The van der Waals surface area contributed by atoms with Crippen LogP contribution < -0.4 is 10.1 Å². The Balaban J connectivity index is 1.86. The summed E-state index contributed by atoms with van der Waals surface area (Å²) < 4.78 is 45.4. The summed E-state index contributed by atoms with van der Waals surface area (Å²) in [6.45, 7) is 4.51. The molecule has 1 aromatic heterocycles. The van der Waals surface area contributed by atoms with Crippen molar-refractivity contribution in [2.24, 2.45) is 0 Å². The number of halogens is 4. The zero-order chi connectivity index (χ0) is 24.5. The highest BCUT2D eigenvalue weighted by Gasteiger charge is 2.35. The normalized spacial score (nSPS) is 12.3. The number of nitro groups is 1. The minimum absolute atomic E-state index is 0.0302. The molecule has 1 amide bonds. The summed E-state index contributed by atoms with van der Waals surface area (Å²) in [6.07, 6.45) is -4.65. The highest BCUT2D eigenvalue weighted by Crippen LogP contribution is 2.32. The summed E-state index contributed by atoms with van der Waals surface area (Å²) >= 11 is 5.99. The van der Waals surface area contributed by atoms with Crippen molar-refractivity contribution in [2.75, 3.05) is 5.32 Å². The van der Waals surface area contributed by atoms with Crippen LogP contribution in [0.4, 0.5) is 24.5 Å². The van der Waals surface area contributed by atoms with E-state index < -0.39 is 28.7 Å². The lowest BCUT2D eigenvalue weighted by Gasteiger charge is -2.15. The van der Waals surface area contributed by atoms with Crippen LogP contribution in [0.2, 0.25) is 5.02 Å². The van der Waals surface area contributed by atoms with Crippen molar-refractivity contribution in [1.82, 2.24) is 9.78 Å². The number of amides is 1. The molecule has 1 atom stereocenters. The van der Waals surface area contributed by atoms with E-state index in [4.69, 9.17) is 16.3 Å². The number of benzene rings is 2. The molecule has 0 spiro atoms. The molecule has 0 bridgehead atoms. The Kier molecular flexibility index (Phi) is 6.63. The number of carbonyl (C=O) groups is 1. The van der Waals surface area contributed by atoms with Gasteiger partial charge in [-0.15, -0.1) is 0 Å². The summed E-state index contributed by atoms with van der Waals surface area (Å²) in [6, 6.07) is 8.18. The Hall–Kier alpha value is -3.60. The van der Waals surface area contributed by atoms with Gasteiger partial charge in [0.2, 0.25) is 5.91 Å². The number of hydrogen-bond donors (Lipinski definition) is 1. The van der Waals surface area contributed by atoms with Crippen LogP contribution in [0.3, 0.4) is 0 Å². The van der Waals surface area contributed by atoms with Crippen LogP contribution in [0, 0.1) is 24.0 Å². The number of hydrogen-bond acceptors (Lipinski definition) is 5. The van der Waals surface area contributed by atoms with Crippen LogP contribution in [0.15, 0.2) is 42.5 Å². The van der Waals surface area contributed by atoms with Gasteiger partial charge in [-0.3, -0.25) is 19.6 Å². The molecule has 12 heteroatoms. The molecule has 1 N–H and O–H groups in total. The molecular formula is C21H18ClF3N4O4. The van der Waals surface area contributed by atoms with Crippen molar-refractivity contribution in [1.29, 1.82) is 0 Å². The number of rotatable bonds is 6. The Morgan fingerprint density at radius 2 is 1.88 bits per heavy atom. The lowest BCUT2D eigenvalue weighted by molar-refractivity contribution is -0.384. The zero-order valence-corrected chi connectivity index (χ0v) is 18.4. The third-order valence-corrected chi connectivity index (χ3v) is 5.12. The van der Waals surface area contributed by atoms with Crippen LogP contribution in [-0.2, 0) is 11.0 Å². The molecule has 2 aromatic carbocycles. The number of nitrogens with zero attached hydrogens (tertiary/aromatic N) is 3. The van der Waals surface area contributed by atoms with Gasteiger partial charge < -0.3 is 10.1 Å². The predicted molar refractivity (Wildman–Crippen MR) is 115 cm³/mol. The van der Waals surface area contributed by atoms with Crippen LogP contribution in [0.1, 0.15) is 29.9 Å². The number of non-ortho nitro benzene ring substituents is 1. The largest absolute Gasteiger partial charge is 0.457 e. The van der Waals surface area contributed by atoms with E-state index in [1.54, 1.807) is 25.1 Å². The lowest BCUT2D eigenvalue weighted by Crippen LogP contribution is -2.25. The number of ether oxygens (including phenoxy) is 1. The molecule has 0 aliphatic rings. The maximum atomic E-state index is 12.9. The van der Waals surface area contributed by atoms with Crippen LogP contribution in [0.25, 0.3) is 0 Å². The van der Waals surface area contributed by atoms with E-state index in [-0.39, 0.29) is 22.8 Å². The summed E-state index contributed by atoms with van der Waals surface area (Å²) in [5.74, 6) is -0.276.